The van der Waals surface area contributed by atoms with Crippen molar-refractivity contribution in [3.05, 3.63) is 58.7 Å². The van der Waals surface area contributed by atoms with Crippen LogP contribution in [-0.4, -0.2) is 41.1 Å². The van der Waals surface area contributed by atoms with Gasteiger partial charge < -0.3 is 14.6 Å². The van der Waals surface area contributed by atoms with Crippen molar-refractivity contribution in [2.75, 3.05) is 20.2 Å². The average Bonchev–Trinajstić information content (AvgIpc) is 3.18. The molecule has 0 aliphatic carbocycles. The third kappa shape index (κ3) is 5.76. The number of H-pyrrole nitrogens is 1. The summed E-state index contributed by atoms with van der Waals surface area (Å²) in [5, 5.41) is 0.467. The van der Waals surface area contributed by atoms with Crippen molar-refractivity contribution in [3.63, 3.8) is 0 Å². The van der Waals surface area contributed by atoms with Crippen molar-refractivity contribution < 1.29 is 17.9 Å². The lowest BCUT2D eigenvalue weighted by Gasteiger charge is -2.32. The van der Waals surface area contributed by atoms with Gasteiger partial charge in [0.1, 0.15) is 11.6 Å². The molecular formula is C26H29ClF3N3O. The topological polar surface area (TPSA) is 41.1 Å². The summed E-state index contributed by atoms with van der Waals surface area (Å²) in [4.78, 5) is 10.1. The number of alkyl halides is 3. The molecule has 182 valence electrons. The van der Waals surface area contributed by atoms with Gasteiger partial charge in [-0.25, -0.2) is 4.98 Å². The quantitative estimate of drug-likeness (QED) is 0.351. The van der Waals surface area contributed by atoms with Crippen molar-refractivity contribution in [2.24, 2.45) is 0 Å². The van der Waals surface area contributed by atoms with E-state index in [0.29, 0.717) is 51.8 Å². The molecule has 1 unspecified atom stereocenters. The molecule has 1 fully saturated rings. The number of piperidine rings is 1. The molecule has 1 aliphatic rings. The molecule has 1 N–H and O–H groups in total. The number of aromatic nitrogens is 2. The maximum Gasteiger partial charge on any atom is 0.416 e. The van der Waals surface area contributed by atoms with Crippen LogP contribution in [-0.2, 0) is 6.18 Å². The highest BCUT2D eigenvalue weighted by Gasteiger charge is 2.30. The van der Waals surface area contributed by atoms with E-state index in [2.05, 4.69) is 21.9 Å². The standard InChI is InChI=1S/C26H29ClF3N3O/c1-17-24(18-7-5-8-19(15-18)26(28,29)30)32-25(31-17)22-12-11-21(16-23(22)27)34-14-6-10-20-9-3-4-13-33(20)2/h5,7-8,11-12,15-16,20H,3-4,6,9-10,13-14H2,1-2H3,(H,31,32). The van der Waals surface area contributed by atoms with Crippen molar-refractivity contribution in [3.8, 4) is 28.4 Å². The number of aryl methyl sites for hydroxylation is 1. The van der Waals surface area contributed by atoms with Gasteiger partial charge in [-0.1, -0.05) is 30.2 Å². The number of hydrogen-bond donors (Lipinski definition) is 1. The van der Waals surface area contributed by atoms with E-state index in [4.69, 9.17) is 16.3 Å². The first kappa shape index (κ1) is 24.6. The Hall–Kier alpha value is -2.51. The van der Waals surface area contributed by atoms with E-state index < -0.39 is 11.7 Å². The Morgan fingerprint density at radius 2 is 2.00 bits per heavy atom. The number of aromatic amines is 1. The zero-order valence-corrected chi connectivity index (χ0v) is 20.1. The molecular weight excluding hydrogens is 463 g/mol. The Morgan fingerprint density at radius 1 is 1.18 bits per heavy atom. The number of nitrogens with zero attached hydrogens (tertiary/aromatic N) is 2. The SMILES string of the molecule is Cc1[nH]c(-c2ccc(OCCCC3CCCCN3C)cc2Cl)nc1-c1cccc(C(F)(F)F)c1. The van der Waals surface area contributed by atoms with Gasteiger partial charge in [0.05, 0.1) is 22.9 Å². The van der Waals surface area contributed by atoms with E-state index in [1.807, 2.05) is 12.1 Å². The third-order valence-corrected chi connectivity index (χ3v) is 6.73. The zero-order chi connectivity index (χ0) is 24.3. The normalized spacial score (nSPS) is 17.2. The Balaban J connectivity index is 1.42. The maximum atomic E-state index is 13.1. The first-order valence-electron chi connectivity index (χ1n) is 11.6. The second kappa shape index (κ2) is 10.4. The van der Waals surface area contributed by atoms with Crippen LogP contribution in [0.3, 0.4) is 0 Å². The fourth-order valence-electron chi connectivity index (χ4n) is 4.51. The van der Waals surface area contributed by atoms with Crippen LogP contribution in [0.5, 0.6) is 5.75 Å². The van der Waals surface area contributed by atoms with Crippen molar-refractivity contribution in [2.45, 2.75) is 51.2 Å². The van der Waals surface area contributed by atoms with Gasteiger partial charge in [0.25, 0.3) is 0 Å². The van der Waals surface area contributed by atoms with Crippen molar-refractivity contribution >= 4 is 11.6 Å². The van der Waals surface area contributed by atoms with Gasteiger partial charge in [0.2, 0.25) is 0 Å². The van der Waals surface area contributed by atoms with E-state index >= 15 is 0 Å². The Kier molecular flexibility index (Phi) is 7.53. The molecule has 1 aromatic heterocycles. The second-order valence-corrected chi connectivity index (χ2v) is 9.31. The van der Waals surface area contributed by atoms with E-state index in [-0.39, 0.29) is 0 Å². The number of likely N-dealkylation sites (tertiary alicyclic amines) is 1. The second-order valence-electron chi connectivity index (χ2n) is 8.90. The number of imidazole rings is 1. The van der Waals surface area contributed by atoms with Gasteiger partial charge in [-0.2, -0.15) is 13.2 Å². The van der Waals surface area contributed by atoms with Crippen molar-refractivity contribution in [1.82, 2.24) is 14.9 Å². The Labute approximate surface area is 203 Å². The van der Waals surface area contributed by atoms with Crippen LogP contribution in [0.2, 0.25) is 5.02 Å². The summed E-state index contributed by atoms with van der Waals surface area (Å²) in [7, 11) is 2.19. The highest BCUT2D eigenvalue weighted by Crippen LogP contribution is 2.35. The van der Waals surface area contributed by atoms with Gasteiger partial charge in [0, 0.05) is 22.9 Å². The minimum atomic E-state index is -4.41. The first-order chi connectivity index (χ1) is 16.2. The highest BCUT2D eigenvalue weighted by atomic mass is 35.5. The lowest BCUT2D eigenvalue weighted by Crippen LogP contribution is -2.36. The summed E-state index contributed by atoms with van der Waals surface area (Å²) < 4.78 is 45.2. The first-order valence-corrected chi connectivity index (χ1v) is 12.0. The average molecular weight is 492 g/mol. The van der Waals surface area contributed by atoms with Gasteiger partial charge in [-0.05, 0) is 76.5 Å². The number of halogens is 4. The number of rotatable bonds is 7. The predicted molar refractivity (Wildman–Crippen MR) is 129 cm³/mol. The van der Waals surface area contributed by atoms with Crippen molar-refractivity contribution in [1.29, 1.82) is 0 Å². The molecule has 4 nitrogen and oxygen atoms in total. The lowest BCUT2D eigenvalue weighted by molar-refractivity contribution is -0.137. The molecule has 0 bridgehead atoms. The number of benzene rings is 2. The minimum absolute atomic E-state index is 0.398. The molecule has 2 heterocycles. The molecule has 0 radical (unpaired) electrons. The maximum absolute atomic E-state index is 13.1. The zero-order valence-electron chi connectivity index (χ0n) is 19.4. The van der Waals surface area contributed by atoms with E-state index in [1.54, 1.807) is 19.1 Å². The fourth-order valence-corrected chi connectivity index (χ4v) is 4.77. The van der Waals surface area contributed by atoms with Crippen LogP contribution in [0.1, 0.15) is 43.4 Å². The largest absolute Gasteiger partial charge is 0.494 e. The van der Waals surface area contributed by atoms with Crippen LogP contribution < -0.4 is 4.74 Å². The number of nitrogens with one attached hydrogen (secondary N) is 1. The molecule has 34 heavy (non-hydrogen) atoms. The van der Waals surface area contributed by atoms with E-state index in [0.717, 1.165) is 25.0 Å². The summed E-state index contributed by atoms with van der Waals surface area (Å²) in [6.45, 7) is 3.57. The van der Waals surface area contributed by atoms with Gasteiger partial charge >= 0.3 is 6.18 Å². The minimum Gasteiger partial charge on any atom is -0.494 e. The van der Waals surface area contributed by atoms with Crippen LogP contribution in [0.25, 0.3) is 22.6 Å². The molecule has 3 aromatic rings. The summed E-state index contributed by atoms with van der Waals surface area (Å²) in [5.74, 6) is 1.19. The molecule has 1 atom stereocenters. The molecule has 4 rings (SSSR count). The Morgan fingerprint density at radius 3 is 2.74 bits per heavy atom. The molecule has 0 spiro atoms. The van der Waals surface area contributed by atoms with E-state index in [1.165, 1.54) is 31.9 Å². The summed E-state index contributed by atoms with van der Waals surface area (Å²) in [5.41, 5.74) is 1.49. The molecule has 0 saturated carbocycles. The predicted octanol–water partition coefficient (Wildman–Crippen LogP) is 7.37. The lowest BCUT2D eigenvalue weighted by atomic mass is 9.99. The molecule has 2 aromatic carbocycles. The highest BCUT2D eigenvalue weighted by molar-refractivity contribution is 6.33. The third-order valence-electron chi connectivity index (χ3n) is 6.42. The molecule has 8 heteroatoms. The summed E-state index contributed by atoms with van der Waals surface area (Å²) in [6.07, 6.45) is 1.52. The molecule has 0 amide bonds. The van der Waals surface area contributed by atoms with Crippen LogP contribution in [0.15, 0.2) is 42.5 Å². The summed E-state index contributed by atoms with van der Waals surface area (Å²) >= 11 is 6.51. The molecule has 1 saturated heterocycles. The van der Waals surface area contributed by atoms with Gasteiger partial charge in [0.15, 0.2) is 0 Å². The Bertz CT molecular complexity index is 1130. The monoisotopic (exact) mass is 491 g/mol. The number of hydrogen-bond acceptors (Lipinski definition) is 3. The van der Waals surface area contributed by atoms with E-state index in [9.17, 15) is 13.2 Å². The molecule has 1 aliphatic heterocycles. The fraction of sp³-hybridized carbons (Fsp3) is 0.423. The number of ether oxygens (including phenoxy) is 1. The van der Waals surface area contributed by atoms with Crippen LogP contribution in [0.4, 0.5) is 13.2 Å². The van der Waals surface area contributed by atoms with Crippen LogP contribution in [0, 0.1) is 6.92 Å². The smallest absolute Gasteiger partial charge is 0.416 e. The summed E-state index contributed by atoms with van der Waals surface area (Å²) in [6, 6.07) is 11.2. The van der Waals surface area contributed by atoms with Gasteiger partial charge in [-0.3, -0.25) is 0 Å². The van der Waals surface area contributed by atoms with Crippen LogP contribution >= 0.6 is 11.6 Å². The van der Waals surface area contributed by atoms with Gasteiger partial charge in [-0.15, -0.1) is 0 Å².